The van der Waals surface area contributed by atoms with E-state index in [9.17, 15) is 0 Å². The molecular formula is C17H28N4. The van der Waals surface area contributed by atoms with Gasteiger partial charge in [0.15, 0.2) is 0 Å². The van der Waals surface area contributed by atoms with Gasteiger partial charge in [0.25, 0.3) is 0 Å². The quantitative estimate of drug-likeness (QED) is 0.830. The number of nitrogens with one attached hydrogen (secondary N) is 1. The van der Waals surface area contributed by atoms with Crippen LogP contribution in [0.2, 0.25) is 0 Å². The third kappa shape index (κ3) is 3.30. The first kappa shape index (κ1) is 14.6. The van der Waals surface area contributed by atoms with Crippen molar-refractivity contribution in [3.63, 3.8) is 0 Å². The minimum atomic E-state index is 0.599. The lowest BCUT2D eigenvalue weighted by molar-refractivity contribution is 0.600. The molecule has 4 heteroatoms. The predicted molar refractivity (Wildman–Crippen MR) is 88.1 cm³/mol. The SMILES string of the molecule is CCNc1nc(C2CC2)nc(N(CC(C)C)C2CC2)c1C. The number of hydrogen-bond donors (Lipinski definition) is 1. The molecule has 4 nitrogen and oxygen atoms in total. The second-order valence-corrected chi connectivity index (χ2v) is 6.96. The van der Waals surface area contributed by atoms with Crippen LogP contribution in [0.15, 0.2) is 0 Å². The van der Waals surface area contributed by atoms with Crippen molar-refractivity contribution in [3.05, 3.63) is 11.4 Å². The highest BCUT2D eigenvalue weighted by atomic mass is 15.3. The molecule has 1 aromatic heterocycles. The van der Waals surface area contributed by atoms with Gasteiger partial charge in [-0.25, -0.2) is 9.97 Å². The fourth-order valence-electron chi connectivity index (χ4n) is 2.85. The van der Waals surface area contributed by atoms with Crippen LogP contribution in [0.25, 0.3) is 0 Å². The Morgan fingerprint density at radius 1 is 1.19 bits per heavy atom. The summed E-state index contributed by atoms with van der Waals surface area (Å²) < 4.78 is 0. The molecule has 0 saturated heterocycles. The third-order valence-electron chi connectivity index (χ3n) is 4.25. The number of aromatic nitrogens is 2. The Kier molecular flexibility index (Phi) is 4.05. The van der Waals surface area contributed by atoms with Gasteiger partial charge in [-0.15, -0.1) is 0 Å². The molecule has 0 spiro atoms. The number of anilines is 2. The summed E-state index contributed by atoms with van der Waals surface area (Å²) in [6, 6.07) is 0.697. The van der Waals surface area contributed by atoms with Gasteiger partial charge in [0, 0.05) is 30.6 Å². The van der Waals surface area contributed by atoms with Gasteiger partial charge >= 0.3 is 0 Å². The average molecular weight is 288 g/mol. The second kappa shape index (κ2) is 5.82. The Morgan fingerprint density at radius 3 is 2.43 bits per heavy atom. The lowest BCUT2D eigenvalue weighted by Crippen LogP contribution is -2.32. The van der Waals surface area contributed by atoms with Gasteiger partial charge in [-0.2, -0.15) is 0 Å². The van der Waals surface area contributed by atoms with E-state index in [1.54, 1.807) is 0 Å². The molecule has 116 valence electrons. The molecule has 0 atom stereocenters. The molecule has 0 aromatic carbocycles. The third-order valence-corrected chi connectivity index (χ3v) is 4.25. The monoisotopic (exact) mass is 288 g/mol. The molecule has 1 heterocycles. The molecule has 1 N–H and O–H groups in total. The van der Waals surface area contributed by atoms with Gasteiger partial charge in [-0.3, -0.25) is 0 Å². The lowest BCUT2D eigenvalue weighted by Gasteiger charge is -2.28. The van der Waals surface area contributed by atoms with Crippen molar-refractivity contribution in [1.82, 2.24) is 9.97 Å². The van der Waals surface area contributed by atoms with Crippen molar-refractivity contribution in [3.8, 4) is 0 Å². The smallest absolute Gasteiger partial charge is 0.137 e. The van der Waals surface area contributed by atoms with E-state index in [0.717, 1.165) is 24.7 Å². The average Bonchev–Trinajstić information content (AvgIpc) is 3.29. The zero-order chi connectivity index (χ0) is 15.0. The first-order valence-electron chi connectivity index (χ1n) is 8.49. The largest absolute Gasteiger partial charge is 0.370 e. The van der Waals surface area contributed by atoms with Crippen LogP contribution in [0.4, 0.5) is 11.6 Å². The first-order chi connectivity index (χ1) is 10.1. The molecular weight excluding hydrogens is 260 g/mol. The van der Waals surface area contributed by atoms with Gasteiger partial charge in [0.1, 0.15) is 17.5 Å². The summed E-state index contributed by atoms with van der Waals surface area (Å²) >= 11 is 0. The Labute approximate surface area is 128 Å². The maximum absolute atomic E-state index is 4.97. The Morgan fingerprint density at radius 2 is 1.90 bits per heavy atom. The summed E-state index contributed by atoms with van der Waals surface area (Å²) in [4.78, 5) is 12.3. The molecule has 3 rings (SSSR count). The summed E-state index contributed by atoms with van der Waals surface area (Å²) in [5, 5.41) is 3.43. The van der Waals surface area contributed by atoms with Gasteiger partial charge in [-0.05, 0) is 45.4 Å². The van der Waals surface area contributed by atoms with Crippen LogP contribution in [0, 0.1) is 12.8 Å². The fraction of sp³-hybridized carbons (Fsp3) is 0.765. The summed E-state index contributed by atoms with van der Waals surface area (Å²) in [7, 11) is 0. The van der Waals surface area contributed by atoms with Crippen LogP contribution in [-0.2, 0) is 0 Å². The summed E-state index contributed by atoms with van der Waals surface area (Å²) in [5.74, 6) is 4.53. The minimum absolute atomic E-state index is 0.599. The highest BCUT2D eigenvalue weighted by Crippen LogP contribution is 2.41. The molecule has 21 heavy (non-hydrogen) atoms. The molecule has 0 radical (unpaired) electrons. The fourth-order valence-corrected chi connectivity index (χ4v) is 2.85. The molecule has 2 fully saturated rings. The van der Waals surface area contributed by atoms with Crippen molar-refractivity contribution >= 4 is 11.6 Å². The Hall–Kier alpha value is -1.32. The number of nitrogens with zero attached hydrogens (tertiary/aromatic N) is 3. The van der Waals surface area contributed by atoms with Gasteiger partial charge in [0.05, 0.1) is 0 Å². The predicted octanol–water partition coefficient (Wildman–Crippen LogP) is 3.72. The zero-order valence-electron chi connectivity index (χ0n) is 13.8. The van der Waals surface area contributed by atoms with Gasteiger partial charge in [0.2, 0.25) is 0 Å². The topological polar surface area (TPSA) is 41.1 Å². The highest BCUT2D eigenvalue weighted by Gasteiger charge is 2.34. The van der Waals surface area contributed by atoms with Crippen LogP contribution in [0.1, 0.15) is 63.8 Å². The van der Waals surface area contributed by atoms with Crippen molar-refractivity contribution in [2.75, 3.05) is 23.3 Å². The van der Waals surface area contributed by atoms with E-state index in [-0.39, 0.29) is 0 Å². The summed E-state index contributed by atoms with van der Waals surface area (Å²) in [5.41, 5.74) is 1.22. The molecule has 2 saturated carbocycles. The molecule has 0 aliphatic heterocycles. The molecule has 2 aliphatic carbocycles. The van der Waals surface area contributed by atoms with Crippen LogP contribution < -0.4 is 10.2 Å². The maximum Gasteiger partial charge on any atom is 0.137 e. The van der Waals surface area contributed by atoms with E-state index >= 15 is 0 Å². The van der Waals surface area contributed by atoms with E-state index in [4.69, 9.17) is 9.97 Å². The summed E-state index contributed by atoms with van der Waals surface area (Å²) in [6.45, 7) is 10.9. The van der Waals surface area contributed by atoms with Gasteiger partial charge in [-0.1, -0.05) is 13.8 Å². The van der Waals surface area contributed by atoms with Crippen molar-refractivity contribution in [2.24, 2.45) is 5.92 Å². The number of hydrogen-bond acceptors (Lipinski definition) is 4. The van der Waals surface area contributed by atoms with Crippen LogP contribution in [0.5, 0.6) is 0 Å². The number of rotatable bonds is 7. The highest BCUT2D eigenvalue weighted by molar-refractivity contribution is 5.60. The van der Waals surface area contributed by atoms with Crippen molar-refractivity contribution in [2.45, 2.75) is 65.3 Å². The van der Waals surface area contributed by atoms with Crippen molar-refractivity contribution < 1.29 is 0 Å². The summed E-state index contributed by atoms with van der Waals surface area (Å²) in [6.07, 6.45) is 5.13. The lowest BCUT2D eigenvalue weighted by atomic mass is 10.2. The Bertz CT molecular complexity index is 504. The van der Waals surface area contributed by atoms with Crippen LogP contribution in [-0.4, -0.2) is 29.1 Å². The minimum Gasteiger partial charge on any atom is -0.370 e. The van der Waals surface area contributed by atoms with Crippen molar-refractivity contribution in [1.29, 1.82) is 0 Å². The molecule has 0 bridgehead atoms. The van der Waals surface area contributed by atoms with E-state index in [2.05, 4.69) is 37.9 Å². The molecule has 2 aliphatic rings. The van der Waals surface area contributed by atoms with E-state index < -0.39 is 0 Å². The normalized spacial score (nSPS) is 18.1. The maximum atomic E-state index is 4.97. The molecule has 0 unspecified atom stereocenters. The zero-order valence-corrected chi connectivity index (χ0v) is 13.8. The Balaban J connectivity index is 1.97. The van der Waals surface area contributed by atoms with E-state index in [1.807, 2.05) is 0 Å². The second-order valence-electron chi connectivity index (χ2n) is 6.96. The first-order valence-corrected chi connectivity index (χ1v) is 8.49. The van der Waals surface area contributed by atoms with Crippen LogP contribution in [0.3, 0.4) is 0 Å². The van der Waals surface area contributed by atoms with E-state index in [0.29, 0.717) is 17.9 Å². The van der Waals surface area contributed by atoms with Crippen LogP contribution >= 0.6 is 0 Å². The molecule has 1 aromatic rings. The standard InChI is InChI=1S/C17H28N4/c1-5-18-15-12(4)17(20-16(19-15)13-6-7-13)21(10-11(2)3)14-8-9-14/h11,13-14H,5-10H2,1-4H3,(H,18,19,20). The van der Waals surface area contributed by atoms with Gasteiger partial charge < -0.3 is 10.2 Å². The molecule has 0 amide bonds. The van der Waals surface area contributed by atoms with E-state index in [1.165, 1.54) is 37.1 Å².